The summed E-state index contributed by atoms with van der Waals surface area (Å²) < 4.78 is 0. The van der Waals surface area contributed by atoms with Gasteiger partial charge in [0.15, 0.2) is 5.78 Å². The molecule has 0 N–H and O–H groups in total. The summed E-state index contributed by atoms with van der Waals surface area (Å²) in [5.74, 6) is 0.777. The summed E-state index contributed by atoms with van der Waals surface area (Å²) in [5, 5.41) is 0. The minimum Gasteiger partial charge on any atom is -0.295 e. The number of allylic oxidation sites excluding steroid dienone is 6. The molecule has 1 unspecified atom stereocenters. The molecule has 0 aromatic rings. The summed E-state index contributed by atoms with van der Waals surface area (Å²) in [6, 6.07) is 0. The van der Waals surface area contributed by atoms with E-state index < -0.39 is 0 Å². The van der Waals surface area contributed by atoms with Crippen molar-refractivity contribution in [3.05, 3.63) is 35.5 Å². The van der Waals surface area contributed by atoms with E-state index in [9.17, 15) is 4.79 Å². The molecule has 0 spiro atoms. The van der Waals surface area contributed by atoms with E-state index in [1.54, 1.807) is 13.0 Å². The Morgan fingerprint density at radius 1 is 1.18 bits per heavy atom. The highest BCUT2D eigenvalue weighted by Gasteiger charge is 1.97. The van der Waals surface area contributed by atoms with Crippen LogP contribution in [-0.4, -0.2) is 5.78 Å². The molecule has 0 aliphatic carbocycles. The molecular formula is C16H26O. The first-order chi connectivity index (χ1) is 7.95. The second kappa shape index (κ2) is 8.98. The van der Waals surface area contributed by atoms with Crippen LogP contribution in [0.4, 0.5) is 0 Å². The van der Waals surface area contributed by atoms with Gasteiger partial charge in [0, 0.05) is 0 Å². The smallest absolute Gasteiger partial charge is 0.152 e. The van der Waals surface area contributed by atoms with Crippen molar-refractivity contribution in [3.8, 4) is 0 Å². The quantitative estimate of drug-likeness (QED) is 0.349. The normalized spacial score (nSPS) is 15.4. The molecule has 17 heavy (non-hydrogen) atoms. The van der Waals surface area contributed by atoms with Crippen LogP contribution in [0.2, 0.25) is 0 Å². The predicted octanol–water partition coefficient (Wildman–Crippen LogP) is 4.85. The van der Waals surface area contributed by atoms with E-state index >= 15 is 0 Å². The maximum absolute atomic E-state index is 10.8. The average molecular weight is 234 g/mol. The molecule has 0 bridgehead atoms. The molecule has 0 aliphatic heterocycles. The number of carbonyl (C=O) groups excluding carboxylic acids is 1. The number of ketones is 1. The summed E-state index contributed by atoms with van der Waals surface area (Å²) in [6.07, 6.45) is 11.5. The maximum Gasteiger partial charge on any atom is 0.152 e. The molecule has 0 saturated carbocycles. The Hall–Kier alpha value is -1.11. The van der Waals surface area contributed by atoms with Gasteiger partial charge >= 0.3 is 0 Å². The van der Waals surface area contributed by atoms with Crippen molar-refractivity contribution in [1.82, 2.24) is 0 Å². The second-order valence-electron chi connectivity index (χ2n) is 4.88. The summed E-state index contributed by atoms with van der Waals surface area (Å²) >= 11 is 0. The molecule has 0 aliphatic rings. The Morgan fingerprint density at radius 3 is 2.35 bits per heavy atom. The molecular weight excluding hydrogens is 208 g/mol. The SMILES string of the molecule is CCC(C)=CCC(C)CC=CC(C)=CC(C)=O. The Kier molecular flexibility index (Phi) is 8.39. The van der Waals surface area contributed by atoms with E-state index in [0.29, 0.717) is 5.92 Å². The standard InChI is InChI=1S/C16H26O/c1-6-13(2)10-11-14(3)8-7-9-15(4)12-16(5)17/h7,9-10,12,14H,6,8,11H2,1-5H3. The van der Waals surface area contributed by atoms with Gasteiger partial charge in [0.1, 0.15) is 0 Å². The van der Waals surface area contributed by atoms with Gasteiger partial charge in [0.05, 0.1) is 0 Å². The summed E-state index contributed by atoms with van der Waals surface area (Å²) in [6.45, 7) is 10.2. The van der Waals surface area contributed by atoms with Gasteiger partial charge in [-0.1, -0.05) is 37.6 Å². The van der Waals surface area contributed by atoms with Crippen LogP contribution in [0.1, 0.15) is 53.9 Å². The van der Waals surface area contributed by atoms with Gasteiger partial charge in [-0.25, -0.2) is 0 Å². The van der Waals surface area contributed by atoms with E-state index in [1.807, 2.05) is 13.0 Å². The van der Waals surface area contributed by atoms with Crippen LogP contribution in [0.5, 0.6) is 0 Å². The Labute approximate surface area is 106 Å². The Balaban J connectivity index is 4.03. The van der Waals surface area contributed by atoms with Crippen LogP contribution in [0.15, 0.2) is 35.5 Å². The first kappa shape index (κ1) is 15.9. The monoisotopic (exact) mass is 234 g/mol. The Morgan fingerprint density at radius 2 is 1.82 bits per heavy atom. The highest BCUT2D eigenvalue weighted by atomic mass is 16.1. The maximum atomic E-state index is 10.8. The van der Waals surface area contributed by atoms with E-state index in [2.05, 4.69) is 32.9 Å². The lowest BCUT2D eigenvalue weighted by atomic mass is 10.0. The molecule has 0 fully saturated rings. The molecule has 0 radical (unpaired) electrons. The zero-order valence-electron chi connectivity index (χ0n) is 11.9. The zero-order chi connectivity index (χ0) is 13.3. The summed E-state index contributed by atoms with van der Waals surface area (Å²) in [4.78, 5) is 10.8. The van der Waals surface area contributed by atoms with Crippen molar-refractivity contribution in [2.75, 3.05) is 0 Å². The third-order valence-corrected chi connectivity index (χ3v) is 2.78. The molecule has 0 saturated heterocycles. The number of hydrogen-bond donors (Lipinski definition) is 0. The molecule has 96 valence electrons. The number of carbonyl (C=O) groups is 1. The minimum atomic E-state index is 0.113. The third kappa shape index (κ3) is 9.80. The van der Waals surface area contributed by atoms with Crippen LogP contribution in [0.25, 0.3) is 0 Å². The Bertz CT molecular complexity index is 318. The average Bonchev–Trinajstić information content (AvgIpc) is 2.24. The molecule has 0 rings (SSSR count). The van der Waals surface area contributed by atoms with Crippen molar-refractivity contribution in [2.45, 2.75) is 53.9 Å². The summed E-state index contributed by atoms with van der Waals surface area (Å²) in [5.41, 5.74) is 2.50. The van der Waals surface area contributed by atoms with Gasteiger partial charge in [0.25, 0.3) is 0 Å². The van der Waals surface area contributed by atoms with Crippen LogP contribution in [0.3, 0.4) is 0 Å². The second-order valence-corrected chi connectivity index (χ2v) is 4.88. The van der Waals surface area contributed by atoms with Crippen LogP contribution in [0, 0.1) is 5.92 Å². The first-order valence-electron chi connectivity index (χ1n) is 6.46. The van der Waals surface area contributed by atoms with Crippen molar-refractivity contribution in [3.63, 3.8) is 0 Å². The van der Waals surface area contributed by atoms with Gasteiger partial charge < -0.3 is 0 Å². The third-order valence-electron chi connectivity index (χ3n) is 2.78. The largest absolute Gasteiger partial charge is 0.295 e. The van der Waals surface area contributed by atoms with E-state index in [-0.39, 0.29) is 5.78 Å². The molecule has 1 nitrogen and oxygen atoms in total. The van der Waals surface area contributed by atoms with Gasteiger partial charge in [-0.2, -0.15) is 0 Å². The van der Waals surface area contributed by atoms with E-state index in [0.717, 1.165) is 24.8 Å². The fourth-order valence-electron chi connectivity index (χ4n) is 1.50. The molecule has 0 amide bonds. The van der Waals surface area contributed by atoms with Crippen LogP contribution in [-0.2, 0) is 4.79 Å². The van der Waals surface area contributed by atoms with Crippen LogP contribution >= 0.6 is 0 Å². The fourth-order valence-corrected chi connectivity index (χ4v) is 1.50. The van der Waals surface area contributed by atoms with Crippen LogP contribution < -0.4 is 0 Å². The van der Waals surface area contributed by atoms with Gasteiger partial charge in [-0.3, -0.25) is 4.79 Å². The lowest BCUT2D eigenvalue weighted by molar-refractivity contribution is -0.112. The van der Waals surface area contributed by atoms with Crippen molar-refractivity contribution < 1.29 is 4.79 Å². The highest BCUT2D eigenvalue weighted by Crippen LogP contribution is 2.12. The summed E-state index contributed by atoms with van der Waals surface area (Å²) in [7, 11) is 0. The number of hydrogen-bond acceptors (Lipinski definition) is 1. The highest BCUT2D eigenvalue weighted by molar-refractivity contribution is 5.88. The van der Waals surface area contributed by atoms with Gasteiger partial charge in [-0.05, 0) is 57.6 Å². The predicted molar refractivity (Wildman–Crippen MR) is 76.0 cm³/mol. The molecule has 1 heteroatoms. The molecule has 0 heterocycles. The minimum absolute atomic E-state index is 0.113. The van der Waals surface area contributed by atoms with Crippen molar-refractivity contribution >= 4 is 5.78 Å². The lowest BCUT2D eigenvalue weighted by Crippen LogP contribution is -1.91. The fraction of sp³-hybridized carbons (Fsp3) is 0.562. The lowest BCUT2D eigenvalue weighted by Gasteiger charge is -2.05. The first-order valence-corrected chi connectivity index (χ1v) is 6.46. The van der Waals surface area contributed by atoms with E-state index in [1.165, 1.54) is 5.57 Å². The van der Waals surface area contributed by atoms with Gasteiger partial charge in [-0.15, -0.1) is 0 Å². The number of rotatable bonds is 7. The van der Waals surface area contributed by atoms with Gasteiger partial charge in [0.2, 0.25) is 0 Å². The van der Waals surface area contributed by atoms with E-state index in [4.69, 9.17) is 0 Å². The molecule has 0 aromatic carbocycles. The van der Waals surface area contributed by atoms with Crippen molar-refractivity contribution in [1.29, 1.82) is 0 Å². The molecule has 0 aromatic heterocycles. The topological polar surface area (TPSA) is 17.1 Å². The zero-order valence-corrected chi connectivity index (χ0v) is 11.9. The van der Waals surface area contributed by atoms with Crippen molar-refractivity contribution in [2.24, 2.45) is 5.92 Å². The molecule has 1 atom stereocenters.